The van der Waals surface area contributed by atoms with Crippen molar-refractivity contribution in [2.75, 3.05) is 18.0 Å². The van der Waals surface area contributed by atoms with Crippen LogP contribution in [0.2, 0.25) is 5.02 Å². The molecule has 7 nitrogen and oxygen atoms in total. The predicted octanol–water partition coefficient (Wildman–Crippen LogP) is 4.60. The van der Waals surface area contributed by atoms with E-state index in [1.165, 1.54) is 32.1 Å². The maximum atomic E-state index is 6.05. The van der Waals surface area contributed by atoms with Crippen LogP contribution in [0.1, 0.15) is 44.0 Å². The molecule has 5 rings (SSSR count). The summed E-state index contributed by atoms with van der Waals surface area (Å²) in [6.45, 7) is 2.14. The normalized spacial score (nSPS) is 17.2. The van der Waals surface area contributed by atoms with Crippen molar-refractivity contribution in [1.29, 1.82) is 0 Å². The molecule has 1 saturated carbocycles. The molecule has 2 fully saturated rings. The zero-order valence-corrected chi connectivity index (χ0v) is 17.0. The van der Waals surface area contributed by atoms with Crippen molar-refractivity contribution in [2.45, 2.75) is 49.1 Å². The molecule has 3 aromatic rings. The Morgan fingerprint density at radius 2 is 2.00 bits per heavy atom. The fourth-order valence-corrected chi connectivity index (χ4v) is 4.54. The van der Waals surface area contributed by atoms with E-state index in [1.54, 1.807) is 11.8 Å². The minimum absolute atomic E-state index is 0.527. The van der Waals surface area contributed by atoms with Crippen LogP contribution < -0.4 is 4.90 Å². The summed E-state index contributed by atoms with van der Waals surface area (Å²) in [7, 11) is 0. The molecule has 0 unspecified atom stereocenters. The van der Waals surface area contributed by atoms with Crippen LogP contribution in [0.15, 0.2) is 33.9 Å². The molecule has 0 radical (unpaired) electrons. The molecule has 0 atom stereocenters. The molecular weight excluding hydrogens is 396 g/mol. The van der Waals surface area contributed by atoms with E-state index in [0.29, 0.717) is 28.5 Å². The standard InChI is InChI=1S/C19H21ClN6OS/c20-14-6-4-5-13(11-14)17-21-16(27-24-17)12-28-19-23-22-18(26(19)15-7-8-15)25-9-2-1-3-10-25/h4-6,11,15H,1-3,7-10,12H2. The number of piperidine rings is 1. The Balaban J connectivity index is 1.31. The fourth-order valence-electron chi connectivity index (χ4n) is 3.51. The van der Waals surface area contributed by atoms with Gasteiger partial charge in [-0.2, -0.15) is 4.98 Å². The first-order valence-electron chi connectivity index (χ1n) is 9.69. The van der Waals surface area contributed by atoms with E-state index in [9.17, 15) is 0 Å². The van der Waals surface area contributed by atoms with E-state index in [-0.39, 0.29) is 0 Å². The topological polar surface area (TPSA) is 72.9 Å². The van der Waals surface area contributed by atoms with Gasteiger partial charge in [-0.15, -0.1) is 10.2 Å². The zero-order valence-electron chi connectivity index (χ0n) is 15.4. The van der Waals surface area contributed by atoms with Crippen LogP contribution in [0.4, 0.5) is 5.95 Å². The van der Waals surface area contributed by atoms with E-state index >= 15 is 0 Å². The van der Waals surface area contributed by atoms with Gasteiger partial charge in [-0.25, -0.2) is 0 Å². The number of halogens is 1. The summed E-state index contributed by atoms with van der Waals surface area (Å²) in [5.41, 5.74) is 0.848. The number of nitrogens with zero attached hydrogens (tertiary/aromatic N) is 6. The van der Waals surface area contributed by atoms with Gasteiger partial charge in [0.15, 0.2) is 5.16 Å². The monoisotopic (exact) mass is 416 g/mol. The first kappa shape index (κ1) is 18.0. The molecule has 1 aromatic carbocycles. The summed E-state index contributed by atoms with van der Waals surface area (Å²) >= 11 is 7.66. The molecule has 28 heavy (non-hydrogen) atoms. The number of anilines is 1. The lowest BCUT2D eigenvalue weighted by atomic mass is 10.1. The second-order valence-corrected chi connectivity index (χ2v) is 8.62. The van der Waals surface area contributed by atoms with Crippen LogP contribution in [-0.4, -0.2) is 38.0 Å². The van der Waals surface area contributed by atoms with Crippen molar-refractivity contribution < 1.29 is 4.52 Å². The molecule has 0 N–H and O–H groups in total. The Kier molecular flexibility index (Phi) is 4.98. The van der Waals surface area contributed by atoms with Gasteiger partial charge in [-0.1, -0.05) is 40.7 Å². The summed E-state index contributed by atoms with van der Waals surface area (Å²) in [4.78, 5) is 6.88. The molecule has 0 amide bonds. The summed E-state index contributed by atoms with van der Waals surface area (Å²) < 4.78 is 7.74. The van der Waals surface area contributed by atoms with Gasteiger partial charge in [-0.05, 0) is 44.2 Å². The Morgan fingerprint density at radius 3 is 2.79 bits per heavy atom. The summed E-state index contributed by atoms with van der Waals surface area (Å²) in [6, 6.07) is 7.98. The SMILES string of the molecule is Clc1cccc(-c2noc(CSc3nnc(N4CCCCC4)n3C3CC3)n2)c1. The van der Waals surface area contributed by atoms with Crippen molar-refractivity contribution in [3.63, 3.8) is 0 Å². The quantitative estimate of drug-likeness (QED) is 0.543. The molecule has 2 aromatic heterocycles. The van der Waals surface area contributed by atoms with Crippen molar-refractivity contribution in [1.82, 2.24) is 24.9 Å². The van der Waals surface area contributed by atoms with E-state index in [1.807, 2.05) is 24.3 Å². The Morgan fingerprint density at radius 1 is 1.14 bits per heavy atom. The first-order valence-corrected chi connectivity index (χ1v) is 11.1. The van der Waals surface area contributed by atoms with Crippen molar-refractivity contribution in [3.8, 4) is 11.4 Å². The number of hydrogen-bond donors (Lipinski definition) is 0. The lowest BCUT2D eigenvalue weighted by molar-refractivity contribution is 0.391. The van der Waals surface area contributed by atoms with E-state index < -0.39 is 0 Å². The lowest BCUT2D eigenvalue weighted by Gasteiger charge is -2.27. The molecule has 0 spiro atoms. The highest BCUT2D eigenvalue weighted by molar-refractivity contribution is 7.98. The molecule has 0 bridgehead atoms. The van der Waals surface area contributed by atoms with Crippen LogP contribution >= 0.6 is 23.4 Å². The Hall–Kier alpha value is -2.06. The molecule has 9 heteroatoms. The highest BCUT2D eigenvalue weighted by atomic mass is 35.5. The molecule has 1 aliphatic heterocycles. The van der Waals surface area contributed by atoms with Crippen LogP contribution in [0, 0.1) is 0 Å². The fraction of sp³-hybridized carbons (Fsp3) is 0.474. The third-order valence-corrected chi connectivity index (χ3v) is 6.24. The van der Waals surface area contributed by atoms with Crippen molar-refractivity contribution >= 4 is 29.3 Å². The number of thioether (sulfide) groups is 1. The van der Waals surface area contributed by atoms with E-state index in [2.05, 4.69) is 29.8 Å². The number of hydrogen-bond acceptors (Lipinski definition) is 7. The van der Waals surface area contributed by atoms with Gasteiger partial charge < -0.3 is 9.42 Å². The summed E-state index contributed by atoms with van der Waals surface area (Å²) in [6.07, 6.45) is 6.17. The maximum Gasteiger partial charge on any atom is 0.237 e. The van der Waals surface area contributed by atoms with E-state index in [0.717, 1.165) is 29.8 Å². The second kappa shape index (κ2) is 7.75. The molecule has 1 aliphatic carbocycles. The zero-order chi connectivity index (χ0) is 18.9. The van der Waals surface area contributed by atoms with E-state index in [4.69, 9.17) is 16.1 Å². The Bertz CT molecular complexity index is 963. The number of rotatable bonds is 6. The van der Waals surface area contributed by atoms with Gasteiger partial charge in [-0.3, -0.25) is 4.57 Å². The minimum atomic E-state index is 0.527. The largest absolute Gasteiger partial charge is 0.341 e. The second-order valence-electron chi connectivity index (χ2n) is 7.24. The average Bonchev–Trinajstić information content (AvgIpc) is 3.29. The summed E-state index contributed by atoms with van der Waals surface area (Å²) in [5.74, 6) is 2.72. The van der Waals surface area contributed by atoms with Crippen LogP contribution in [0.5, 0.6) is 0 Å². The Labute approximate surface area is 172 Å². The molecule has 3 heterocycles. The van der Waals surface area contributed by atoms with Gasteiger partial charge in [0.05, 0.1) is 5.75 Å². The molecule has 1 saturated heterocycles. The predicted molar refractivity (Wildman–Crippen MR) is 109 cm³/mol. The molecule has 146 valence electrons. The van der Waals surface area contributed by atoms with Gasteiger partial charge in [0, 0.05) is 29.7 Å². The van der Waals surface area contributed by atoms with Crippen molar-refractivity contribution in [3.05, 3.63) is 35.2 Å². The van der Waals surface area contributed by atoms with Gasteiger partial charge >= 0.3 is 0 Å². The van der Waals surface area contributed by atoms with Crippen LogP contribution in [0.3, 0.4) is 0 Å². The average molecular weight is 417 g/mol. The lowest BCUT2D eigenvalue weighted by Crippen LogP contribution is -2.31. The third-order valence-electron chi connectivity index (χ3n) is 5.07. The smallest absolute Gasteiger partial charge is 0.237 e. The third kappa shape index (κ3) is 3.75. The molecular formula is C19H21ClN6OS. The summed E-state index contributed by atoms with van der Waals surface area (Å²) in [5, 5.41) is 14.7. The highest BCUT2D eigenvalue weighted by Crippen LogP contribution is 2.41. The first-order chi connectivity index (χ1) is 13.8. The maximum absolute atomic E-state index is 6.05. The number of aromatic nitrogens is 5. The van der Waals surface area contributed by atoms with Gasteiger partial charge in [0.1, 0.15) is 0 Å². The van der Waals surface area contributed by atoms with Gasteiger partial charge in [0.2, 0.25) is 17.7 Å². The van der Waals surface area contributed by atoms with Crippen LogP contribution in [-0.2, 0) is 5.75 Å². The number of benzene rings is 1. The van der Waals surface area contributed by atoms with Gasteiger partial charge in [0.25, 0.3) is 0 Å². The minimum Gasteiger partial charge on any atom is -0.341 e. The van der Waals surface area contributed by atoms with Crippen LogP contribution in [0.25, 0.3) is 11.4 Å². The highest BCUT2D eigenvalue weighted by Gasteiger charge is 2.32. The molecule has 2 aliphatic rings. The van der Waals surface area contributed by atoms with Crippen molar-refractivity contribution in [2.24, 2.45) is 0 Å².